The van der Waals surface area contributed by atoms with E-state index in [1.54, 1.807) is 0 Å². The average molecular weight is 277 g/mol. The molecule has 1 fully saturated rings. The van der Waals surface area contributed by atoms with Crippen LogP contribution in [-0.2, 0) is 6.61 Å². The first-order valence-electron chi connectivity index (χ1n) is 7.77. The van der Waals surface area contributed by atoms with Gasteiger partial charge in [0.05, 0.1) is 13.2 Å². The molecule has 1 aliphatic carbocycles. The molecular formula is C17H27NO2. The van der Waals surface area contributed by atoms with Crippen LogP contribution in [0, 0.1) is 11.8 Å². The summed E-state index contributed by atoms with van der Waals surface area (Å²) in [6.07, 6.45) is 3.82. The smallest absolute Gasteiger partial charge is 0.124 e. The van der Waals surface area contributed by atoms with Gasteiger partial charge in [-0.3, -0.25) is 0 Å². The highest BCUT2D eigenvalue weighted by Crippen LogP contribution is 2.31. The molecule has 0 radical (unpaired) electrons. The van der Waals surface area contributed by atoms with Crippen LogP contribution in [0.4, 0.5) is 5.69 Å². The first-order valence-corrected chi connectivity index (χ1v) is 7.77. The van der Waals surface area contributed by atoms with Gasteiger partial charge in [0.15, 0.2) is 0 Å². The first-order chi connectivity index (χ1) is 9.63. The Labute approximate surface area is 122 Å². The molecule has 0 aromatic heterocycles. The van der Waals surface area contributed by atoms with E-state index in [2.05, 4.69) is 25.2 Å². The summed E-state index contributed by atoms with van der Waals surface area (Å²) < 4.78 is 5.52. The second-order valence-electron chi connectivity index (χ2n) is 6.06. The maximum Gasteiger partial charge on any atom is 0.124 e. The molecular weight excluding hydrogens is 250 g/mol. The van der Waals surface area contributed by atoms with Crippen LogP contribution in [0.15, 0.2) is 18.2 Å². The maximum absolute atomic E-state index is 9.45. The molecule has 3 atom stereocenters. The van der Waals surface area contributed by atoms with Gasteiger partial charge in [-0.1, -0.05) is 13.8 Å². The Morgan fingerprint density at radius 2 is 2.10 bits per heavy atom. The number of nitrogens with one attached hydrogen (secondary N) is 1. The zero-order valence-electron chi connectivity index (χ0n) is 12.9. The zero-order valence-corrected chi connectivity index (χ0v) is 12.9. The van der Waals surface area contributed by atoms with Crippen LogP contribution < -0.4 is 10.1 Å². The molecule has 0 bridgehead atoms. The predicted molar refractivity (Wildman–Crippen MR) is 83.1 cm³/mol. The summed E-state index contributed by atoms with van der Waals surface area (Å²) in [6, 6.07) is 6.55. The lowest BCUT2D eigenvalue weighted by Crippen LogP contribution is -2.33. The van der Waals surface area contributed by atoms with Gasteiger partial charge in [-0.15, -0.1) is 0 Å². The fraction of sp³-hybridized carbons (Fsp3) is 0.647. The molecule has 2 N–H and O–H groups in total. The van der Waals surface area contributed by atoms with Crippen LogP contribution in [0.2, 0.25) is 0 Å². The van der Waals surface area contributed by atoms with Gasteiger partial charge < -0.3 is 15.2 Å². The minimum atomic E-state index is 0.0160. The summed E-state index contributed by atoms with van der Waals surface area (Å²) >= 11 is 0. The van der Waals surface area contributed by atoms with Crippen molar-refractivity contribution < 1.29 is 9.84 Å². The normalized spacial score (nSPS) is 26.3. The zero-order chi connectivity index (χ0) is 14.5. The van der Waals surface area contributed by atoms with Gasteiger partial charge in [0.25, 0.3) is 0 Å². The predicted octanol–water partition coefficient (Wildman–Crippen LogP) is 3.81. The largest absolute Gasteiger partial charge is 0.494 e. The third kappa shape index (κ3) is 3.66. The van der Waals surface area contributed by atoms with Crippen molar-refractivity contribution in [1.29, 1.82) is 0 Å². The Morgan fingerprint density at radius 3 is 2.75 bits per heavy atom. The number of ether oxygens (including phenoxy) is 1. The standard InChI is InChI=1S/C17H27NO2/c1-4-20-17-8-6-15(10-14(17)11-19)18-16-7-5-12(2)9-13(16)3/h6,8,10,12-13,16,18-19H,4-5,7,9,11H2,1-3H3. The van der Waals surface area contributed by atoms with E-state index in [-0.39, 0.29) is 6.61 Å². The van der Waals surface area contributed by atoms with Gasteiger partial charge in [-0.05, 0) is 56.2 Å². The fourth-order valence-electron chi connectivity index (χ4n) is 3.18. The van der Waals surface area contributed by atoms with E-state index < -0.39 is 0 Å². The quantitative estimate of drug-likeness (QED) is 0.860. The summed E-state index contributed by atoms with van der Waals surface area (Å²) in [4.78, 5) is 0. The lowest BCUT2D eigenvalue weighted by Gasteiger charge is -2.34. The Balaban J connectivity index is 2.06. The number of benzene rings is 1. The molecule has 0 spiro atoms. The average Bonchev–Trinajstić information content (AvgIpc) is 2.43. The second kappa shape index (κ2) is 6.98. The fourth-order valence-corrected chi connectivity index (χ4v) is 3.18. The van der Waals surface area contributed by atoms with E-state index in [1.165, 1.54) is 19.3 Å². The van der Waals surface area contributed by atoms with Gasteiger partial charge in [-0.2, -0.15) is 0 Å². The molecule has 3 nitrogen and oxygen atoms in total. The van der Waals surface area contributed by atoms with Gasteiger partial charge in [0, 0.05) is 17.3 Å². The number of rotatable bonds is 5. The molecule has 2 rings (SSSR count). The van der Waals surface area contributed by atoms with Crippen molar-refractivity contribution in [2.45, 2.75) is 52.7 Å². The number of hydrogen-bond acceptors (Lipinski definition) is 3. The molecule has 0 heterocycles. The number of anilines is 1. The summed E-state index contributed by atoms with van der Waals surface area (Å²) in [7, 11) is 0. The molecule has 3 unspecified atom stereocenters. The van der Waals surface area contributed by atoms with Crippen molar-refractivity contribution in [3.63, 3.8) is 0 Å². The first kappa shape index (κ1) is 15.2. The highest BCUT2D eigenvalue weighted by molar-refractivity contribution is 5.51. The van der Waals surface area contributed by atoms with E-state index in [0.29, 0.717) is 18.6 Å². The van der Waals surface area contributed by atoms with Crippen LogP contribution in [0.25, 0.3) is 0 Å². The third-order valence-corrected chi connectivity index (χ3v) is 4.31. The van der Waals surface area contributed by atoms with Crippen molar-refractivity contribution in [3.05, 3.63) is 23.8 Å². The molecule has 0 saturated heterocycles. The van der Waals surface area contributed by atoms with Crippen LogP contribution in [0.3, 0.4) is 0 Å². The lowest BCUT2D eigenvalue weighted by molar-refractivity contribution is 0.266. The second-order valence-corrected chi connectivity index (χ2v) is 6.06. The van der Waals surface area contributed by atoms with E-state index >= 15 is 0 Å². The van der Waals surface area contributed by atoms with Crippen LogP contribution in [0.1, 0.15) is 45.6 Å². The Hall–Kier alpha value is -1.22. The van der Waals surface area contributed by atoms with Crippen molar-refractivity contribution in [2.75, 3.05) is 11.9 Å². The van der Waals surface area contributed by atoms with Crippen LogP contribution in [-0.4, -0.2) is 17.8 Å². The van der Waals surface area contributed by atoms with E-state index in [9.17, 15) is 5.11 Å². The molecule has 0 amide bonds. The minimum absolute atomic E-state index is 0.0160. The van der Waals surface area contributed by atoms with Crippen molar-refractivity contribution in [2.24, 2.45) is 11.8 Å². The summed E-state index contributed by atoms with van der Waals surface area (Å²) in [5.41, 5.74) is 1.94. The molecule has 0 aliphatic heterocycles. The molecule has 1 aromatic carbocycles. The summed E-state index contributed by atoms with van der Waals surface area (Å²) in [5, 5.41) is 13.1. The molecule has 1 aromatic rings. The number of aliphatic hydroxyl groups excluding tert-OH is 1. The van der Waals surface area contributed by atoms with E-state index in [4.69, 9.17) is 4.74 Å². The maximum atomic E-state index is 9.45. The highest BCUT2D eigenvalue weighted by atomic mass is 16.5. The van der Waals surface area contributed by atoms with Crippen LogP contribution in [0.5, 0.6) is 5.75 Å². The van der Waals surface area contributed by atoms with Gasteiger partial charge in [0.1, 0.15) is 5.75 Å². The molecule has 20 heavy (non-hydrogen) atoms. The van der Waals surface area contributed by atoms with Crippen molar-refractivity contribution in [3.8, 4) is 5.75 Å². The van der Waals surface area contributed by atoms with Gasteiger partial charge in [-0.25, -0.2) is 0 Å². The lowest BCUT2D eigenvalue weighted by atomic mass is 9.80. The van der Waals surface area contributed by atoms with Crippen molar-refractivity contribution in [1.82, 2.24) is 0 Å². The molecule has 3 heteroatoms. The number of hydrogen-bond donors (Lipinski definition) is 2. The van der Waals surface area contributed by atoms with Crippen molar-refractivity contribution >= 4 is 5.69 Å². The van der Waals surface area contributed by atoms with E-state index in [1.807, 2.05) is 19.1 Å². The molecule has 1 saturated carbocycles. The third-order valence-electron chi connectivity index (χ3n) is 4.31. The SMILES string of the molecule is CCOc1ccc(NC2CCC(C)CC2C)cc1CO. The molecule has 1 aliphatic rings. The Bertz CT molecular complexity index is 433. The van der Waals surface area contributed by atoms with Gasteiger partial charge in [0.2, 0.25) is 0 Å². The van der Waals surface area contributed by atoms with E-state index in [0.717, 1.165) is 22.9 Å². The van der Waals surface area contributed by atoms with Gasteiger partial charge >= 0.3 is 0 Å². The summed E-state index contributed by atoms with van der Waals surface area (Å²) in [6.45, 7) is 7.26. The van der Waals surface area contributed by atoms with Crippen LogP contribution >= 0.6 is 0 Å². The monoisotopic (exact) mass is 277 g/mol. The Morgan fingerprint density at radius 1 is 1.30 bits per heavy atom. The summed E-state index contributed by atoms with van der Waals surface area (Å²) in [5.74, 6) is 2.32. The highest BCUT2D eigenvalue weighted by Gasteiger charge is 2.25. The number of aliphatic hydroxyl groups is 1. The molecule has 112 valence electrons. The Kier molecular flexibility index (Phi) is 5.30. The topological polar surface area (TPSA) is 41.5 Å². The minimum Gasteiger partial charge on any atom is -0.494 e.